The van der Waals surface area contributed by atoms with Gasteiger partial charge in [-0.15, -0.1) is 0 Å². The molecule has 0 spiro atoms. The van der Waals surface area contributed by atoms with Gasteiger partial charge in [-0.3, -0.25) is 5.10 Å². The summed E-state index contributed by atoms with van der Waals surface area (Å²) in [5.74, 6) is 2.16. The molecular weight excluding hydrogens is 276 g/mol. The molecule has 0 saturated carbocycles. The summed E-state index contributed by atoms with van der Waals surface area (Å²) in [5, 5.41) is 6.88. The van der Waals surface area contributed by atoms with E-state index < -0.39 is 0 Å². The average molecular weight is 289 g/mol. The molecule has 0 aliphatic carbocycles. The summed E-state index contributed by atoms with van der Waals surface area (Å²) in [6.07, 6.45) is 1.73. The Morgan fingerprint density at radius 1 is 0.955 bits per heavy atom. The van der Waals surface area contributed by atoms with Crippen LogP contribution in [-0.2, 0) is 0 Å². The van der Waals surface area contributed by atoms with Gasteiger partial charge in [0.15, 0.2) is 0 Å². The van der Waals surface area contributed by atoms with Gasteiger partial charge in [0.1, 0.15) is 17.3 Å². The topological polar surface area (TPSA) is 66.6 Å². The number of aromatic nitrogens is 4. The molecule has 4 aromatic rings. The highest BCUT2D eigenvalue weighted by Gasteiger charge is 2.04. The number of H-pyrrole nitrogens is 2. The predicted octanol–water partition coefficient (Wildman–Crippen LogP) is 3.93. The fourth-order valence-electron chi connectivity index (χ4n) is 2.36. The minimum absolute atomic E-state index is 0.649. The summed E-state index contributed by atoms with van der Waals surface area (Å²) < 4.78 is 5.87. The molecule has 0 bridgehead atoms. The van der Waals surface area contributed by atoms with E-state index in [1.807, 2.05) is 48.5 Å². The number of hydrogen-bond donors (Lipinski definition) is 2. The fraction of sp³-hybridized carbons (Fsp3) is 0. The Bertz CT molecular complexity index is 908. The van der Waals surface area contributed by atoms with Crippen LogP contribution in [0.15, 0.2) is 54.7 Å². The Labute approximate surface area is 127 Å². The van der Waals surface area contributed by atoms with E-state index in [0.29, 0.717) is 5.82 Å². The first kappa shape index (κ1) is 12.6. The molecule has 2 aromatic carbocycles. The van der Waals surface area contributed by atoms with Crippen molar-refractivity contribution in [2.45, 2.75) is 0 Å². The number of aromatic amines is 2. The van der Waals surface area contributed by atoms with Gasteiger partial charge in [0.25, 0.3) is 0 Å². The molecule has 0 fully saturated rings. The van der Waals surface area contributed by atoms with E-state index in [1.54, 1.807) is 6.20 Å². The van der Waals surface area contributed by atoms with Gasteiger partial charge in [-0.05, 0) is 48.0 Å². The number of benzene rings is 2. The fourth-order valence-corrected chi connectivity index (χ4v) is 2.36. The SMILES string of the molecule is [CH2]c1nc2cc(Oc3ccc(-c4ccn[nH]4)cc3)ccc2[nH]1. The number of rotatable bonds is 3. The van der Waals surface area contributed by atoms with Crippen molar-refractivity contribution < 1.29 is 4.74 Å². The van der Waals surface area contributed by atoms with E-state index in [1.165, 1.54) is 0 Å². The maximum atomic E-state index is 5.87. The monoisotopic (exact) mass is 289 g/mol. The number of ether oxygens (including phenoxy) is 1. The van der Waals surface area contributed by atoms with E-state index >= 15 is 0 Å². The lowest BCUT2D eigenvalue weighted by Crippen LogP contribution is -1.85. The zero-order chi connectivity index (χ0) is 14.9. The average Bonchev–Trinajstić information content (AvgIpc) is 3.16. The lowest BCUT2D eigenvalue weighted by Gasteiger charge is -2.06. The van der Waals surface area contributed by atoms with Gasteiger partial charge in [-0.25, -0.2) is 4.98 Å². The van der Waals surface area contributed by atoms with Crippen LogP contribution in [0.3, 0.4) is 0 Å². The maximum Gasteiger partial charge on any atom is 0.129 e. The van der Waals surface area contributed by atoms with Gasteiger partial charge in [0.2, 0.25) is 0 Å². The Morgan fingerprint density at radius 2 is 1.77 bits per heavy atom. The number of hydrogen-bond acceptors (Lipinski definition) is 3. The highest BCUT2D eigenvalue weighted by molar-refractivity contribution is 5.77. The second-order valence-corrected chi connectivity index (χ2v) is 4.96. The summed E-state index contributed by atoms with van der Waals surface area (Å²) in [6.45, 7) is 3.79. The van der Waals surface area contributed by atoms with E-state index in [0.717, 1.165) is 33.8 Å². The lowest BCUT2D eigenvalue weighted by molar-refractivity contribution is 0.483. The molecule has 0 aliphatic rings. The molecule has 22 heavy (non-hydrogen) atoms. The maximum absolute atomic E-state index is 5.87. The van der Waals surface area contributed by atoms with Crippen LogP contribution in [0, 0.1) is 6.92 Å². The molecule has 0 amide bonds. The van der Waals surface area contributed by atoms with Crippen LogP contribution in [0.1, 0.15) is 5.82 Å². The van der Waals surface area contributed by atoms with Crippen LogP contribution < -0.4 is 4.74 Å². The lowest BCUT2D eigenvalue weighted by atomic mass is 10.1. The van der Waals surface area contributed by atoms with Gasteiger partial charge in [-0.2, -0.15) is 5.10 Å². The highest BCUT2D eigenvalue weighted by Crippen LogP contribution is 2.26. The minimum Gasteiger partial charge on any atom is -0.457 e. The standard InChI is InChI=1S/C17H13N4O/c1-11-19-16-7-6-14(10-17(16)20-11)22-13-4-2-12(3-5-13)15-8-9-18-21-15/h2-10H,1H2,(H,18,21)(H,19,20). The van der Waals surface area contributed by atoms with Gasteiger partial charge in [0.05, 0.1) is 16.7 Å². The number of nitrogens with zero attached hydrogens (tertiary/aromatic N) is 2. The number of imidazole rings is 1. The van der Waals surface area contributed by atoms with Crippen LogP contribution in [0.4, 0.5) is 0 Å². The van der Waals surface area contributed by atoms with Crippen molar-refractivity contribution >= 4 is 11.0 Å². The molecule has 0 unspecified atom stereocenters. The van der Waals surface area contributed by atoms with Gasteiger partial charge < -0.3 is 9.72 Å². The van der Waals surface area contributed by atoms with Crippen LogP contribution >= 0.6 is 0 Å². The molecule has 4 rings (SSSR count). The molecule has 0 saturated heterocycles. The molecule has 0 atom stereocenters. The summed E-state index contributed by atoms with van der Waals surface area (Å²) in [5.41, 5.74) is 3.84. The summed E-state index contributed by atoms with van der Waals surface area (Å²) in [7, 11) is 0. The van der Waals surface area contributed by atoms with Gasteiger partial charge in [0, 0.05) is 19.2 Å². The molecular formula is C17H13N4O. The predicted molar refractivity (Wildman–Crippen MR) is 84.7 cm³/mol. The van der Waals surface area contributed by atoms with Crippen molar-refractivity contribution in [1.29, 1.82) is 0 Å². The van der Waals surface area contributed by atoms with E-state index in [-0.39, 0.29) is 0 Å². The molecule has 2 N–H and O–H groups in total. The van der Waals surface area contributed by atoms with Gasteiger partial charge in [-0.1, -0.05) is 0 Å². The van der Waals surface area contributed by atoms with E-state index in [9.17, 15) is 0 Å². The second kappa shape index (κ2) is 5.04. The molecule has 5 heteroatoms. The Hall–Kier alpha value is -3.08. The number of fused-ring (bicyclic) bond motifs is 1. The summed E-state index contributed by atoms with van der Waals surface area (Å²) in [6, 6.07) is 15.5. The minimum atomic E-state index is 0.649. The van der Waals surface area contributed by atoms with Crippen molar-refractivity contribution in [1.82, 2.24) is 20.2 Å². The van der Waals surface area contributed by atoms with Gasteiger partial charge >= 0.3 is 0 Å². The largest absolute Gasteiger partial charge is 0.457 e. The highest BCUT2D eigenvalue weighted by atomic mass is 16.5. The van der Waals surface area contributed by atoms with Crippen molar-refractivity contribution in [3.8, 4) is 22.8 Å². The Morgan fingerprint density at radius 3 is 2.55 bits per heavy atom. The molecule has 0 aliphatic heterocycles. The quantitative estimate of drug-likeness (QED) is 0.600. The zero-order valence-corrected chi connectivity index (χ0v) is 11.7. The first-order valence-corrected chi connectivity index (χ1v) is 6.87. The second-order valence-electron chi connectivity index (χ2n) is 4.96. The Balaban J connectivity index is 1.59. The van der Waals surface area contributed by atoms with Crippen molar-refractivity contribution in [2.75, 3.05) is 0 Å². The third-order valence-corrected chi connectivity index (χ3v) is 3.41. The Kier molecular flexibility index (Phi) is 2.89. The van der Waals surface area contributed by atoms with E-state index in [4.69, 9.17) is 4.74 Å². The molecule has 5 nitrogen and oxygen atoms in total. The van der Waals surface area contributed by atoms with E-state index in [2.05, 4.69) is 27.1 Å². The summed E-state index contributed by atoms with van der Waals surface area (Å²) in [4.78, 5) is 7.39. The number of nitrogens with one attached hydrogen (secondary N) is 2. The zero-order valence-electron chi connectivity index (χ0n) is 11.7. The van der Waals surface area contributed by atoms with Crippen LogP contribution in [-0.4, -0.2) is 20.2 Å². The van der Waals surface area contributed by atoms with Crippen LogP contribution in [0.5, 0.6) is 11.5 Å². The van der Waals surface area contributed by atoms with Crippen LogP contribution in [0.25, 0.3) is 22.3 Å². The first-order valence-electron chi connectivity index (χ1n) is 6.87. The van der Waals surface area contributed by atoms with Crippen molar-refractivity contribution in [3.05, 3.63) is 67.5 Å². The molecule has 1 radical (unpaired) electrons. The third-order valence-electron chi connectivity index (χ3n) is 3.41. The van der Waals surface area contributed by atoms with Crippen LogP contribution in [0.2, 0.25) is 0 Å². The smallest absolute Gasteiger partial charge is 0.129 e. The van der Waals surface area contributed by atoms with Crippen molar-refractivity contribution in [2.24, 2.45) is 0 Å². The molecule has 107 valence electrons. The van der Waals surface area contributed by atoms with Crippen molar-refractivity contribution in [3.63, 3.8) is 0 Å². The molecule has 2 aromatic heterocycles. The molecule has 2 heterocycles. The normalized spacial score (nSPS) is 11.0. The third kappa shape index (κ3) is 2.33. The first-order chi connectivity index (χ1) is 10.8. The summed E-state index contributed by atoms with van der Waals surface area (Å²) >= 11 is 0.